The van der Waals surface area contributed by atoms with Crippen LogP contribution in [0.2, 0.25) is 0 Å². The van der Waals surface area contributed by atoms with Crippen LogP contribution in [0.25, 0.3) is 0 Å². The average Bonchev–Trinajstić information content (AvgIpc) is 2.46. The van der Waals surface area contributed by atoms with Crippen molar-refractivity contribution in [3.8, 4) is 0 Å². The van der Waals surface area contributed by atoms with Gasteiger partial charge in [-0.2, -0.15) is 0 Å². The predicted molar refractivity (Wildman–Crippen MR) is 74.8 cm³/mol. The van der Waals surface area contributed by atoms with E-state index in [9.17, 15) is 4.79 Å². The largest absolute Gasteiger partial charge is 0.392 e. The van der Waals surface area contributed by atoms with Crippen molar-refractivity contribution in [1.29, 1.82) is 0 Å². The number of nitrogens with one attached hydrogen (secondary N) is 1. The second-order valence-electron chi connectivity index (χ2n) is 3.25. The fourth-order valence-corrected chi connectivity index (χ4v) is 1.02. The van der Waals surface area contributed by atoms with Crippen LogP contribution in [-0.2, 0) is 16.3 Å². The van der Waals surface area contributed by atoms with Crippen molar-refractivity contribution in [2.24, 2.45) is 0 Å². The molecular weight excluding hydrogens is 272 g/mol. The zero-order valence-electron chi connectivity index (χ0n) is 11.5. The lowest BCUT2D eigenvalue weighted by Crippen LogP contribution is -2.25. The smallest absolute Gasteiger partial charge is 0.277 e. The van der Waals surface area contributed by atoms with Gasteiger partial charge in [-0.3, -0.25) is 9.63 Å². The molecule has 0 aliphatic carbocycles. The monoisotopic (exact) mass is 292 g/mol. The van der Waals surface area contributed by atoms with Gasteiger partial charge >= 0.3 is 0 Å². The van der Waals surface area contributed by atoms with Crippen LogP contribution in [0.3, 0.4) is 0 Å². The number of amides is 1. The summed E-state index contributed by atoms with van der Waals surface area (Å²) in [4.78, 5) is 20.6. The van der Waals surface area contributed by atoms with Crippen molar-refractivity contribution in [3.63, 3.8) is 0 Å². The molecule has 19 heavy (non-hydrogen) atoms. The SMILES string of the molecule is CNOC.CON(C)C(=O)c1ccc(CO)cc1.Cl. The highest BCUT2D eigenvalue weighted by Crippen LogP contribution is 2.06. The fourth-order valence-electron chi connectivity index (χ4n) is 1.02. The van der Waals surface area contributed by atoms with Gasteiger partial charge in [0.15, 0.2) is 0 Å². The van der Waals surface area contributed by atoms with Crippen LogP contribution in [-0.4, -0.2) is 44.4 Å². The Bertz CT molecular complexity index is 344. The van der Waals surface area contributed by atoms with Gasteiger partial charge in [0, 0.05) is 19.7 Å². The minimum absolute atomic E-state index is 0. The molecule has 0 unspecified atom stereocenters. The van der Waals surface area contributed by atoms with Gasteiger partial charge in [-0.05, 0) is 17.7 Å². The fraction of sp³-hybridized carbons (Fsp3) is 0.417. The summed E-state index contributed by atoms with van der Waals surface area (Å²) in [7, 11) is 6.25. The van der Waals surface area contributed by atoms with Gasteiger partial charge in [-0.15, -0.1) is 12.4 Å². The Morgan fingerprint density at radius 2 is 1.79 bits per heavy atom. The third-order valence-electron chi connectivity index (χ3n) is 2.15. The molecule has 0 radical (unpaired) electrons. The van der Waals surface area contributed by atoms with E-state index in [0.717, 1.165) is 10.6 Å². The molecule has 0 spiro atoms. The molecule has 0 aliphatic rings. The topological polar surface area (TPSA) is 71.0 Å². The number of hydroxylamine groups is 3. The molecule has 0 saturated carbocycles. The molecule has 1 amide bonds. The normalized spacial score (nSPS) is 8.89. The molecule has 0 heterocycles. The lowest BCUT2D eigenvalue weighted by molar-refractivity contribution is -0.0757. The lowest BCUT2D eigenvalue weighted by atomic mass is 10.1. The van der Waals surface area contributed by atoms with E-state index in [4.69, 9.17) is 9.94 Å². The number of halogens is 1. The molecule has 1 aromatic rings. The molecule has 0 aliphatic heterocycles. The number of aliphatic hydroxyl groups is 1. The van der Waals surface area contributed by atoms with Gasteiger partial charge < -0.3 is 9.94 Å². The van der Waals surface area contributed by atoms with E-state index in [2.05, 4.69) is 10.3 Å². The lowest BCUT2D eigenvalue weighted by Gasteiger charge is -2.13. The summed E-state index contributed by atoms with van der Waals surface area (Å²) in [6, 6.07) is 6.72. The van der Waals surface area contributed by atoms with Crippen molar-refractivity contribution in [2.45, 2.75) is 6.61 Å². The Morgan fingerprint density at radius 1 is 1.32 bits per heavy atom. The van der Waals surface area contributed by atoms with Crippen molar-refractivity contribution in [1.82, 2.24) is 10.5 Å². The molecule has 0 atom stereocenters. The minimum Gasteiger partial charge on any atom is -0.392 e. The van der Waals surface area contributed by atoms with Gasteiger partial charge in [0.05, 0.1) is 20.8 Å². The summed E-state index contributed by atoms with van der Waals surface area (Å²) in [6.45, 7) is -0.0193. The maximum absolute atomic E-state index is 11.5. The van der Waals surface area contributed by atoms with Crippen molar-refractivity contribution in [3.05, 3.63) is 35.4 Å². The predicted octanol–water partition coefficient (Wildman–Crippen LogP) is 1.00. The van der Waals surface area contributed by atoms with Crippen LogP contribution in [0.1, 0.15) is 15.9 Å². The number of rotatable bonds is 4. The summed E-state index contributed by atoms with van der Waals surface area (Å²) >= 11 is 0. The van der Waals surface area contributed by atoms with Crippen molar-refractivity contribution < 1.29 is 19.6 Å². The van der Waals surface area contributed by atoms with Crippen molar-refractivity contribution in [2.75, 3.05) is 28.3 Å². The first-order valence-electron chi connectivity index (χ1n) is 5.32. The van der Waals surface area contributed by atoms with E-state index < -0.39 is 0 Å². The van der Waals surface area contributed by atoms with Gasteiger partial charge in [0.2, 0.25) is 0 Å². The van der Waals surface area contributed by atoms with Crippen LogP contribution in [0.5, 0.6) is 0 Å². The first kappa shape index (κ1) is 20.1. The van der Waals surface area contributed by atoms with Gasteiger partial charge in [0.25, 0.3) is 5.91 Å². The van der Waals surface area contributed by atoms with Gasteiger partial charge in [0.1, 0.15) is 0 Å². The summed E-state index contributed by atoms with van der Waals surface area (Å²) in [5, 5.41) is 9.95. The molecule has 0 bridgehead atoms. The highest BCUT2D eigenvalue weighted by atomic mass is 35.5. The summed E-state index contributed by atoms with van der Waals surface area (Å²) in [6.07, 6.45) is 0. The van der Waals surface area contributed by atoms with Crippen LogP contribution < -0.4 is 5.48 Å². The second kappa shape index (κ2) is 11.9. The first-order valence-corrected chi connectivity index (χ1v) is 5.32. The van der Waals surface area contributed by atoms with E-state index in [-0.39, 0.29) is 24.9 Å². The molecule has 110 valence electrons. The average molecular weight is 293 g/mol. The summed E-state index contributed by atoms with van der Waals surface area (Å²) in [5.41, 5.74) is 3.74. The molecule has 6 nitrogen and oxygen atoms in total. The molecule has 2 N–H and O–H groups in total. The Labute approximate surface area is 119 Å². The zero-order valence-corrected chi connectivity index (χ0v) is 12.4. The summed E-state index contributed by atoms with van der Waals surface area (Å²) < 4.78 is 0. The van der Waals surface area contributed by atoms with E-state index >= 15 is 0 Å². The molecule has 0 aromatic heterocycles. The minimum atomic E-state index is -0.211. The van der Waals surface area contributed by atoms with E-state index in [1.807, 2.05) is 0 Å². The number of carbonyl (C=O) groups excluding carboxylic acids is 1. The highest BCUT2D eigenvalue weighted by molar-refractivity contribution is 5.93. The zero-order chi connectivity index (χ0) is 14.0. The number of benzene rings is 1. The molecule has 1 rings (SSSR count). The van der Waals surface area contributed by atoms with E-state index in [1.165, 1.54) is 7.11 Å². The maximum atomic E-state index is 11.5. The Kier molecular flexibility index (Phi) is 12.6. The summed E-state index contributed by atoms with van der Waals surface area (Å²) in [5.74, 6) is -0.211. The Balaban J connectivity index is 0. The maximum Gasteiger partial charge on any atom is 0.277 e. The van der Waals surface area contributed by atoms with Crippen LogP contribution in [0.4, 0.5) is 0 Å². The third kappa shape index (κ3) is 7.76. The number of hydrogen-bond acceptors (Lipinski definition) is 5. The first-order chi connectivity index (χ1) is 8.60. The molecule has 1 aromatic carbocycles. The standard InChI is InChI=1S/C10H13NO3.C2H7NO.ClH/c1-11(14-2)10(13)9-5-3-8(7-12)4-6-9;1-3-4-2;/h3-6,12H,7H2,1-2H3;3H,1-2H3;1H. The van der Waals surface area contributed by atoms with Gasteiger partial charge in [-0.1, -0.05) is 12.1 Å². The van der Waals surface area contributed by atoms with Crippen LogP contribution >= 0.6 is 12.4 Å². The van der Waals surface area contributed by atoms with E-state index in [1.54, 1.807) is 45.5 Å². The van der Waals surface area contributed by atoms with Crippen LogP contribution in [0.15, 0.2) is 24.3 Å². The molecule has 0 fully saturated rings. The molecular formula is C12H21ClN2O4. The quantitative estimate of drug-likeness (QED) is 0.810. The van der Waals surface area contributed by atoms with Gasteiger partial charge in [-0.25, -0.2) is 10.5 Å². The number of carbonyl (C=O) groups is 1. The van der Waals surface area contributed by atoms with Crippen molar-refractivity contribution >= 4 is 18.3 Å². The Morgan fingerprint density at radius 3 is 2.11 bits per heavy atom. The number of nitrogens with zero attached hydrogens (tertiary/aromatic N) is 1. The molecule has 0 saturated heterocycles. The second-order valence-corrected chi connectivity index (χ2v) is 3.25. The number of aliphatic hydroxyl groups excluding tert-OH is 1. The van der Waals surface area contributed by atoms with Crippen LogP contribution in [0, 0.1) is 0 Å². The van der Waals surface area contributed by atoms with E-state index in [0.29, 0.717) is 5.56 Å². The molecule has 7 heteroatoms. The number of hydrogen-bond donors (Lipinski definition) is 2. The Hall–Kier alpha value is -1.18. The highest BCUT2D eigenvalue weighted by Gasteiger charge is 2.10. The third-order valence-corrected chi connectivity index (χ3v) is 2.15.